The number of rotatable bonds is 0. The van der Waals surface area contributed by atoms with Gasteiger partial charge in [0.05, 0.1) is 0 Å². The minimum absolute atomic E-state index is 0.0810. The highest BCUT2D eigenvalue weighted by Crippen LogP contribution is 2.47. The molecule has 2 unspecified atom stereocenters. The molecule has 0 N–H and O–H groups in total. The van der Waals surface area contributed by atoms with E-state index in [1.807, 2.05) is 13.8 Å². The van der Waals surface area contributed by atoms with Gasteiger partial charge in [0.15, 0.2) is 0 Å². The summed E-state index contributed by atoms with van der Waals surface area (Å²) in [5, 5.41) is 4.51. The molecule has 0 amide bonds. The van der Waals surface area contributed by atoms with Crippen molar-refractivity contribution in [2.24, 2.45) is 0 Å². The molecule has 0 aliphatic carbocycles. The first-order chi connectivity index (χ1) is 15.6. The van der Waals surface area contributed by atoms with E-state index in [1.165, 1.54) is 0 Å². The molecule has 1 heterocycles. The van der Waals surface area contributed by atoms with Crippen LogP contribution in [0.15, 0.2) is 60.7 Å². The van der Waals surface area contributed by atoms with E-state index in [1.54, 1.807) is 0 Å². The van der Waals surface area contributed by atoms with Crippen molar-refractivity contribution >= 4 is 21.5 Å². The summed E-state index contributed by atoms with van der Waals surface area (Å²) in [5.74, 6) is 14.1. The fourth-order valence-electron chi connectivity index (χ4n) is 4.37. The summed E-state index contributed by atoms with van der Waals surface area (Å²) in [5.41, 5.74) is 4.14. The molecule has 2 heteroatoms. The summed E-state index contributed by atoms with van der Waals surface area (Å²) in [6.45, 7) is 7.83. The lowest BCUT2D eigenvalue weighted by molar-refractivity contribution is 0.0764. The maximum atomic E-state index is 6.43. The van der Waals surface area contributed by atoms with E-state index in [0.717, 1.165) is 55.3 Å². The Balaban J connectivity index is 1.88. The van der Waals surface area contributed by atoms with Crippen molar-refractivity contribution in [1.82, 2.24) is 0 Å². The predicted molar refractivity (Wildman–Crippen MR) is 132 cm³/mol. The molecule has 1 aliphatic rings. The second-order valence-corrected chi connectivity index (χ2v) is 8.15. The van der Waals surface area contributed by atoms with Gasteiger partial charge in [-0.3, -0.25) is 0 Å². The quantitative estimate of drug-likeness (QED) is 0.289. The number of hydrogen-bond acceptors (Lipinski definition) is 2. The van der Waals surface area contributed by atoms with E-state index in [4.69, 9.17) is 9.47 Å². The Kier molecular flexibility index (Phi) is 5.01. The monoisotopic (exact) mass is 416 g/mol. The lowest BCUT2D eigenvalue weighted by Gasteiger charge is -2.30. The summed E-state index contributed by atoms with van der Waals surface area (Å²) in [7, 11) is 0. The highest BCUT2D eigenvalue weighted by molar-refractivity contribution is 6.10. The van der Waals surface area contributed by atoms with Crippen molar-refractivity contribution in [2.45, 2.75) is 39.9 Å². The molecule has 0 radical (unpaired) electrons. The van der Waals surface area contributed by atoms with Gasteiger partial charge in [-0.25, -0.2) is 0 Å². The van der Waals surface area contributed by atoms with Crippen LogP contribution in [-0.4, -0.2) is 12.2 Å². The third-order valence-corrected chi connectivity index (χ3v) is 6.04. The minimum atomic E-state index is -0.0810. The molecule has 4 aromatic carbocycles. The van der Waals surface area contributed by atoms with E-state index >= 15 is 0 Å². The van der Waals surface area contributed by atoms with Gasteiger partial charge in [0.2, 0.25) is 0 Å². The second-order valence-electron chi connectivity index (χ2n) is 8.15. The van der Waals surface area contributed by atoms with Crippen molar-refractivity contribution < 1.29 is 9.47 Å². The third kappa shape index (κ3) is 3.35. The Morgan fingerprint density at radius 2 is 1.03 bits per heavy atom. The van der Waals surface area contributed by atoms with Gasteiger partial charge < -0.3 is 9.47 Å². The minimum Gasteiger partial charge on any atom is -0.486 e. The van der Waals surface area contributed by atoms with Gasteiger partial charge in [0.25, 0.3) is 0 Å². The van der Waals surface area contributed by atoms with Gasteiger partial charge in [-0.15, -0.1) is 11.8 Å². The highest BCUT2D eigenvalue weighted by Gasteiger charge is 2.26. The number of ether oxygens (including phenoxy) is 2. The van der Waals surface area contributed by atoms with Crippen LogP contribution >= 0.6 is 0 Å². The van der Waals surface area contributed by atoms with Gasteiger partial charge in [0, 0.05) is 22.3 Å². The van der Waals surface area contributed by atoms with E-state index < -0.39 is 0 Å². The summed E-state index contributed by atoms with van der Waals surface area (Å²) < 4.78 is 12.9. The lowest BCUT2D eigenvalue weighted by atomic mass is 9.90. The van der Waals surface area contributed by atoms with Gasteiger partial charge in [-0.05, 0) is 85.6 Å². The molecule has 0 bridgehead atoms. The predicted octanol–water partition coefficient (Wildman–Crippen LogP) is 6.95. The molecule has 2 nitrogen and oxygen atoms in total. The molecule has 0 saturated carbocycles. The van der Waals surface area contributed by atoms with E-state index in [-0.39, 0.29) is 12.2 Å². The van der Waals surface area contributed by atoms with Crippen LogP contribution in [-0.2, 0) is 0 Å². The van der Waals surface area contributed by atoms with Gasteiger partial charge in [0.1, 0.15) is 23.7 Å². The standard InChI is InChI=1S/C30H24O2/c1-5-7-21-9-13-25-23(17-21)11-15-27-29(25)30-26-14-10-22(8-6-2)18-24(26)12-16-28(30)32-20(4)19(3)31-27/h9-20H,1-4H3. The number of hydrogen-bond donors (Lipinski definition) is 0. The van der Waals surface area contributed by atoms with Crippen LogP contribution < -0.4 is 9.47 Å². The zero-order valence-corrected chi connectivity index (χ0v) is 18.7. The molecule has 0 spiro atoms. The van der Waals surface area contributed by atoms with E-state index in [2.05, 4.69) is 98.2 Å². The Morgan fingerprint density at radius 1 is 0.594 bits per heavy atom. The average Bonchev–Trinajstić information content (AvgIpc) is 2.79. The van der Waals surface area contributed by atoms with Gasteiger partial charge >= 0.3 is 0 Å². The molecule has 5 rings (SSSR count). The Hall–Kier alpha value is -3.88. The van der Waals surface area contributed by atoms with Crippen molar-refractivity contribution in [2.75, 3.05) is 0 Å². The molecule has 0 saturated heterocycles. The first-order valence-electron chi connectivity index (χ1n) is 10.9. The maximum absolute atomic E-state index is 6.43. The lowest BCUT2D eigenvalue weighted by Crippen LogP contribution is -2.32. The Morgan fingerprint density at radius 3 is 1.44 bits per heavy atom. The molecule has 156 valence electrons. The SMILES string of the molecule is CC#Cc1ccc2c3c(ccc2c1)OC(C)C(C)Oc1ccc2cc(C#CC)ccc2c1-3. The van der Waals surface area contributed by atoms with Crippen molar-refractivity contribution in [3.8, 4) is 46.3 Å². The Labute approximate surface area is 189 Å². The number of fused-ring (bicyclic) bond motifs is 7. The van der Waals surface area contributed by atoms with Crippen LogP contribution in [0.1, 0.15) is 38.8 Å². The van der Waals surface area contributed by atoms with E-state index in [0.29, 0.717) is 0 Å². The molecule has 4 aromatic rings. The van der Waals surface area contributed by atoms with Crippen LogP contribution in [0.2, 0.25) is 0 Å². The first kappa shape index (κ1) is 20.0. The van der Waals surface area contributed by atoms with Crippen LogP contribution in [0.25, 0.3) is 32.7 Å². The molecule has 0 fully saturated rings. The summed E-state index contributed by atoms with van der Waals surface area (Å²) in [6.07, 6.45) is -0.162. The average molecular weight is 417 g/mol. The van der Waals surface area contributed by atoms with Crippen LogP contribution in [0, 0.1) is 23.7 Å². The fraction of sp³-hybridized carbons (Fsp3) is 0.200. The third-order valence-electron chi connectivity index (χ3n) is 6.04. The Bertz CT molecular complexity index is 1370. The summed E-state index contributed by atoms with van der Waals surface area (Å²) in [6, 6.07) is 21.1. The van der Waals surface area contributed by atoms with Crippen LogP contribution in [0.5, 0.6) is 11.5 Å². The topological polar surface area (TPSA) is 18.5 Å². The molecule has 32 heavy (non-hydrogen) atoms. The van der Waals surface area contributed by atoms with Crippen molar-refractivity contribution in [3.05, 3.63) is 71.8 Å². The zero-order valence-electron chi connectivity index (χ0n) is 18.7. The number of benzene rings is 4. The van der Waals surface area contributed by atoms with Crippen LogP contribution in [0.3, 0.4) is 0 Å². The molecule has 1 aliphatic heterocycles. The molecule has 2 atom stereocenters. The highest BCUT2D eigenvalue weighted by atomic mass is 16.5. The van der Waals surface area contributed by atoms with Gasteiger partial charge in [-0.1, -0.05) is 36.1 Å². The van der Waals surface area contributed by atoms with Crippen molar-refractivity contribution in [1.29, 1.82) is 0 Å². The smallest absolute Gasteiger partial charge is 0.132 e. The van der Waals surface area contributed by atoms with Gasteiger partial charge in [-0.2, -0.15) is 0 Å². The van der Waals surface area contributed by atoms with Crippen LogP contribution in [0.4, 0.5) is 0 Å². The van der Waals surface area contributed by atoms with Crippen molar-refractivity contribution in [3.63, 3.8) is 0 Å². The first-order valence-corrected chi connectivity index (χ1v) is 10.9. The zero-order chi connectivity index (χ0) is 22.2. The largest absolute Gasteiger partial charge is 0.486 e. The summed E-state index contributed by atoms with van der Waals surface area (Å²) >= 11 is 0. The molecular weight excluding hydrogens is 392 g/mol. The maximum Gasteiger partial charge on any atom is 0.132 e. The summed E-state index contributed by atoms with van der Waals surface area (Å²) in [4.78, 5) is 0. The normalized spacial score (nSPS) is 16.8. The molecule has 0 aromatic heterocycles. The molecular formula is C30H24O2. The second kappa shape index (κ2) is 7.99. The van der Waals surface area contributed by atoms with E-state index in [9.17, 15) is 0 Å². The fourth-order valence-corrected chi connectivity index (χ4v) is 4.37.